The van der Waals surface area contributed by atoms with Gasteiger partial charge < -0.3 is 5.73 Å². The Labute approximate surface area is 87.9 Å². The first-order chi connectivity index (χ1) is 6.41. The molecule has 1 aliphatic rings. The van der Waals surface area contributed by atoms with Crippen molar-refractivity contribution in [3.63, 3.8) is 0 Å². The molecule has 0 radical (unpaired) electrons. The Kier molecular flexibility index (Phi) is 2.08. The second-order valence-electron chi connectivity index (χ2n) is 3.59. The summed E-state index contributed by atoms with van der Waals surface area (Å²) in [5, 5.41) is 0. The average molecular weight is 264 g/mol. The number of nitrogens with zero attached hydrogens (tertiary/aromatic N) is 2. The maximum absolute atomic E-state index is 12.7. The Morgan fingerprint density at radius 3 is 2.21 bits per heavy atom. The van der Waals surface area contributed by atoms with Crippen molar-refractivity contribution in [2.45, 2.75) is 24.3 Å². The third kappa shape index (κ3) is 1.64. The van der Waals surface area contributed by atoms with E-state index in [0.717, 1.165) is 0 Å². The molecule has 1 saturated carbocycles. The van der Waals surface area contributed by atoms with Crippen molar-refractivity contribution < 1.29 is 8.78 Å². The molecular weight excluding hydrogens is 256 g/mol. The molecule has 14 heavy (non-hydrogen) atoms. The molecule has 1 fully saturated rings. The van der Waals surface area contributed by atoms with Crippen LogP contribution in [-0.2, 0) is 5.54 Å². The van der Waals surface area contributed by atoms with E-state index in [0.29, 0.717) is 4.47 Å². The van der Waals surface area contributed by atoms with Crippen LogP contribution in [0.3, 0.4) is 0 Å². The van der Waals surface area contributed by atoms with Crippen LogP contribution in [0.15, 0.2) is 16.9 Å². The van der Waals surface area contributed by atoms with E-state index < -0.39 is 11.5 Å². The van der Waals surface area contributed by atoms with Gasteiger partial charge in [-0.05, 0) is 15.9 Å². The fraction of sp³-hybridized carbons (Fsp3) is 0.500. The number of halogens is 3. The molecule has 0 bridgehead atoms. The van der Waals surface area contributed by atoms with Crippen LogP contribution in [0.2, 0.25) is 0 Å². The van der Waals surface area contributed by atoms with Gasteiger partial charge in [0.15, 0.2) is 0 Å². The molecule has 1 aromatic heterocycles. The molecule has 1 aromatic rings. The van der Waals surface area contributed by atoms with Crippen LogP contribution < -0.4 is 5.73 Å². The fourth-order valence-corrected chi connectivity index (χ4v) is 1.80. The third-order valence-electron chi connectivity index (χ3n) is 2.21. The van der Waals surface area contributed by atoms with Crippen molar-refractivity contribution >= 4 is 15.9 Å². The van der Waals surface area contributed by atoms with E-state index in [1.165, 1.54) is 12.4 Å². The summed E-state index contributed by atoms with van der Waals surface area (Å²) in [5.74, 6) is -2.38. The van der Waals surface area contributed by atoms with Crippen molar-refractivity contribution in [1.29, 1.82) is 0 Å². The van der Waals surface area contributed by atoms with E-state index in [-0.39, 0.29) is 18.7 Å². The summed E-state index contributed by atoms with van der Waals surface area (Å²) in [7, 11) is 0. The molecule has 2 N–H and O–H groups in total. The summed E-state index contributed by atoms with van der Waals surface area (Å²) < 4.78 is 26.0. The first-order valence-corrected chi connectivity index (χ1v) is 4.85. The smallest absolute Gasteiger partial charge is 0.252 e. The van der Waals surface area contributed by atoms with Crippen molar-refractivity contribution in [2.75, 3.05) is 0 Å². The minimum absolute atomic E-state index is 0.284. The van der Waals surface area contributed by atoms with Gasteiger partial charge in [-0.1, -0.05) is 0 Å². The van der Waals surface area contributed by atoms with Crippen molar-refractivity contribution in [1.82, 2.24) is 9.97 Å². The van der Waals surface area contributed by atoms with Gasteiger partial charge in [0.25, 0.3) is 5.92 Å². The Bertz CT molecular complexity index is 344. The Hall–Kier alpha value is -0.620. The number of hydrogen-bond donors (Lipinski definition) is 1. The van der Waals surface area contributed by atoms with Gasteiger partial charge in [0, 0.05) is 25.2 Å². The molecule has 0 unspecified atom stereocenters. The Morgan fingerprint density at radius 2 is 1.79 bits per heavy atom. The van der Waals surface area contributed by atoms with Gasteiger partial charge >= 0.3 is 0 Å². The predicted octanol–water partition coefficient (Wildman–Crippen LogP) is 1.82. The molecule has 0 spiro atoms. The van der Waals surface area contributed by atoms with Crippen LogP contribution in [-0.4, -0.2) is 15.9 Å². The summed E-state index contributed by atoms with van der Waals surface area (Å²) in [4.78, 5) is 7.84. The van der Waals surface area contributed by atoms with Gasteiger partial charge in [0.05, 0.1) is 10.0 Å². The lowest BCUT2D eigenvalue weighted by molar-refractivity contribution is -0.127. The van der Waals surface area contributed by atoms with E-state index in [1.54, 1.807) is 0 Å². The first-order valence-electron chi connectivity index (χ1n) is 4.06. The summed E-state index contributed by atoms with van der Waals surface area (Å²) >= 11 is 3.16. The zero-order valence-corrected chi connectivity index (χ0v) is 8.76. The minimum Gasteiger partial charge on any atom is -0.318 e. The van der Waals surface area contributed by atoms with Gasteiger partial charge in [-0.25, -0.2) is 18.7 Å². The zero-order chi connectivity index (χ0) is 10.4. The molecule has 6 heteroatoms. The molecule has 0 atom stereocenters. The van der Waals surface area contributed by atoms with Crippen LogP contribution >= 0.6 is 15.9 Å². The first kappa shape index (κ1) is 9.92. The summed E-state index contributed by atoms with van der Waals surface area (Å²) in [6, 6.07) is 0. The molecular formula is C8H8BrF2N3. The molecule has 1 heterocycles. The Balaban J connectivity index is 2.21. The molecule has 3 nitrogen and oxygen atoms in total. The van der Waals surface area contributed by atoms with Crippen molar-refractivity contribution in [3.8, 4) is 0 Å². The maximum atomic E-state index is 12.7. The highest BCUT2D eigenvalue weighted by Gasteiger charge is 2.56. The van der Waals surface area contributed by atoms with Gasteiger partial charge in [-0.3, -0.25) is 0 Å². The highest BCUT2D eigenvalue weighted by molar-refractivity contribution is 9.10. The highest BCUT2D eigenvalue weighted by atomic mass is 79.9. The topological polar surface area (TPSA) is 51.8 Å². The molecule has 2 rings (SSSR count). The summed E-state index contributed by atoms with van der Waals surface area (Å²) in [6.45, 7) is 0. The predicted molar refractivity (Wildman–Crippen MR) is 49.8 cm³/mol. The summed E-state index contributed by atoms with van der Waals surface area (Å²) in [6.07, 6.45) is 2.27. The quantitative estimate of drug-likeness (QED) is 0.841. The van der Waals surface area contributed by atoms with Gasteiger partial charge in [-0.15, -0.1) is 0 Å². The number of hydrogen-bond acceptors (Lipinski definition) is 3. The van der Waals surface area contributed by atoms with Crippen molar-refractivity contribution in [3.05, 3.63) is 22.7 Å². The number of rotatable bonds is 1. The molecule has 0 amide bonds. The largest absolute Gasteiger partial charge is 0.318 e. The lowest BCUT2D eigenvalue weighted by Crippen LogP contribution is -2.56. The second kappa shape index (κ2) is 2.93. The van der Waals surface area contributed by atoms with Crippen LogP contribution in [0.4, 0.5) is 8.78 Å². The fourth-order valence-electron chi connectivity index (χ4n) is 1.60. The van der Waals surface area contributed by atoms with Crippen LogP contribution in [0, 0.1) is 0 Å². The molecule has 0 aromatic carbocycles. The number of nitrogens with two attached hydrogens (primary N) is 1. The zero-order valence-electron chi connectivity index (χ0n) is 7.17. The SMILES string of the molecule is NC1(c2ncc(Br)cn2)CC(F)(F)C1. The molecule has 0 saturated heterocycles. The maximum Gasteiger partial charge on any atom is 0.252 e. The van der Waals surface area contributed by atoms with Gasteiger partial charge in [-0.2, -0.15) is 0 Å². The number of alkyl halides is 2. The van der Waals surface area contributed by atoms with E-state index in [2.05, 4.69) is 25.9 Å². The van der Waals surface area contributed by atoms with Crippen molar-refractivity contribution in [2.24, 2.45) is 5.73 Å². The summed E-state index contributed by atoms with van der Waals surface area (Å²) in [5.41, 5.74) is 4.68. The minimum atomic E-state index is -2.66. The highest BCUT2D eigenvalue weighted by Crippen LogP contribution is 2.48. The van der Waals surface area contributed by atoms with E-state index in [9.17, 15) is 8.78 Å². The second-order valence-corrected chi connectivity index (χ2v) is 4.51. The van der Waals surface area contributed by atoms with Gasteiger partial charge in [0.2, 0.25) is 0 Å². The van der Waals surface area contributed by atoms with Crippen LogP contribution in [0.5, 0.6) is 0 Å². The normalized spacial score (nSPS) is 22.9. The third-order valence-corrected chi connectivity index (χ3v) is 2.62. The lowest BCUT2D eigenvalue weighted by atomic mass is 9.73. The van der Waals surface area contributed by atoms with E-state index >= 15 is 0 Å². The van der Waals surface area contributed by atoms with Gasteiger partial charge in [0.1, 0.15) is 5.82 Å². The molecule has 1 aliphatic carbocycles. The van der Waals surface area contributed by atoms with Crippen LogP contribution in [0.1, 0.15) is 18.7 Å². The Morgan fingerprint density at radius 1 is 1.29 bits per heavy atom. The van der Waals surface area contributed by atoms with E-state index in [1.807, 2.05) is 0 Å². The van der Waals surface area contributed by atoms with E-state index in [4.69, 9.17) is 5.73 Å². The van der Waals surface area contributed by atoms with Crippen LogP contribution in [0.25, 0.3) is 0 Å². The molecule has 76 valence electrons. The number of aromatic nitrogens is 2. The monoisotopic (exact) mass is 263 g/mol. The molecule has 0 aliphatic heterocycles. The lowest BCUT2D eigenvalue weighted by Gasteiger charge is -2.42. The standard InChI is InChI=1S/C8H8BrF2N3/c9-5-1-13-6(14-2-5)7(12)3-8(10,11)4-7/h1-2H,3-4,12H2. The average Bonchev–Trinajstić information content (AvgIpc) is 2.01.